The second-order valence-electron chi connectivity index (χ2n) is 4.00. The molecule has 0 bridgehead atoms. The number of pyridine rings is 1. The van der Waals surface area contributed by atoms with Gasteiger partial charge in [0.25, 0.3) is 0 Å². The fraction of sp³-hybridized carbons (Fsp3) is 0.500. The van der Waals surface area contributed by atoms with Gasteiger partial charge in [0.05, 0.1) is 12.7 Å². The fourth-order valence-corrected chi connectivity index (χ4v) is 2.61. The standard InChI is InChI=1S/C10H15N3O6S/c1-12(6-8(14)7-19-2)20(17,18)9-3-4-10(11-5-9)13(15)16/h3-5,8,14H,6-7H2,1-2H3. The predicted molar refractivity (Wildman–Crippen MR) is 68.6 cm³/mol. The van der Waals surface area contributed by atoms with Crippen LogP contribution in [0.2, 0.25) is 0 Å². The zero-order valence-corrected chi connectivity index (χ0v) is 11.8. The molecule has 1 aromatic heterocycles. The summed E-state index contributed by atoms with van der Waals surface area (Å²) in [6.07, 6.45) is -0.0575. The number of hydrogen-bond acceptors (Lipinski definition) is 7. The lowest BCUT2D eigenvalue weighted by Gasteiger charge is -2.19. The van der Waals surface area contributed by atoms with Gasteiger partial charge in [-0.25, -0.2) is 8.42 Å². The minimum atomic E-state index is -3.86. The molecule has 0 radical (unpaired) electrons. The largest absolute Gasteiger partial charge is 0.389 e. The number of aliphatic hydroxyl groups is 1. The maximum absolute atomic E-state index is 12.1. The maximum Gasteiger partial charge on any atom is 0.363 e. The van der Waals surface area contributed by atoms with Crippen LogP contribution in [0.25, 0.3) is 0 Å². The van der Waals surface area contributed by atoms with Crippen molar-refractivity contribution >= 4 is 15.8 Å². The van der Waals surface area contributed by atoms with Gasteiger partial charge in [0, 0.05) is 26.8 Å². The van der Waals surface area contributed by atoms with Crippen LogP contribution in [0.4, 0.5) is 5.82 Å². The molecular weight excluding hydrogens is 290 g/mol. The number of nitrogens with zero attached hydrogens (tertiary/aromatic N) is 3. The van der Waals surface area contributed by atoms with Crippen molar-refractivity contribution in [2.24, 2.45) is 0 Å². The Kier molecular flexibility index (Phi) is 5.51. The Morgan fingerprint density at radius 2 is 2.20 bits per heavy atom. The smallest absolute Gasteiger partial charge is 0.363 e. The van der Waals surface area contributed by atoms with Crippen LogP contribution in [-0.4, -0.2) is 61.1 Å². The molecule has 0 aliphatic rings. The molecule has 0 aliphatic carbocycles. The molecule has 1 N–H and O–H groups in total. The number of ether oxygens (including phenoxy) is 1. The van der Waals surface area contributed by atoms with E-state index in [1.807, 2.05) is 0 Å². The summed E-state index contributed by atoms with van der Waals surface area (Å²) in [5, 5.41) is 20.0. The Balaban J connectivity index is 2.89. The molecule has 0 spiro atoms. The summed E-state index contributed by atoms with van der Waals surface area (Å²) in [6, 6.07) is 2.10. The van der Waals surface area contributed by atoms with Gasteiger partial charge in [-0.05, 0) is 16.0 Å². The molecule has 20 heavy (non-hydrogen) atoms. The van der Waals surface area contributed by atoms with Crippen LogP contribution < -0.4 is 0 Å². The van der Waals surface area contributed by atoms with Gasteiger partial charge in [-0.1, -0.05) is 0 Å². The number of sulfonamides is 1. The zero-order chi connectivity index (χ0) is 15.3. The number of likely N-dealkylation sites (N-methyl/N-ethyl adjacent to an activating group) is 1. The minimum Gasteiger partial charge on any atom is -0.389 e. The summed E-state index contributed by atoms with van der Waals surface area (Å²) >= 11 is 0. The molecule has 0 fully saturated rings. The Labute approximate surface area is 116 Å². The van der Waals surface area contributed by atoms with Crippen LogP contribution in [0.1, 0.15) is 0 Å². The van der Waals surface area contributed by atoms with E-state index in [2.05, 4.69) is 4.98 Å². The van der Waals surface area contributed by atoms with E-state index in [1.54, 1.807) is 0 Å². The first kappa shape index (κ1) is 16.4. The van der Waals surface area contributed by atoms with Gasteiger partial charge < -0.3 is 20.0 Å². The second-order valence-corrected chi connectivity index (χ2v) is 6.05. The lowest BCUT2D eigenvalue weighted by atomic mass is 10.4. The van der Waals surface area contributed by atoms with Gasteiger partial charge >= 0.3 is 5.82 Å². The summed E-state index contributed by atoms with van der Waals surface area (Å²) in [7, 11) is -1.19. The van der Waals surface area contributed by atoms with Gasteiger partial charge in [0.2, 0.25) is 10.0 Å². The van der Waals surface area contributed by atoms with Gasteiger partial charge in [0.1, 0.15) is 4.90 Å². The molecule has 0 amide bonds. The van der Waals surface area contributed by atoms with E-state index in [9.17, 15) is 23.6 Å². The molecule has 9 nitrogen and oxygen atoms in total. The van der Waals surface area contributed by atoms with Gasteiger partial charge in [-0.3, -0.25) is 0 Å². The van der Waals surface area contributed by atoms with Gasteiger partial charge in [-0.2, -0.15) is 4.31 Å². The molecule has 1 aromatic rings. The number of methoxy groups -OCH3 is 1. The topological polar surface area (TPSA) is 123 Å². The Hall–Kier alpha value is -1.62. The monoisotopic (exact) mass is 305 g/mol. The zero-order valence-electron chi connectivity index (χ0n) is 11.0. The lowest BCUT2D eigenvalue weighted by molar-refractivity contribution is -0.389. The average molecular weight is 305 g/mol. The molecular formula is C10H15N3O6S. The SMILES string of the molecule is COCC(O)CN(C)S(=O)(=O)c1ccc([N+](=O)[O-])nc1. The third-order valence-corrected chi connectivity index (χ3v) is 4.25. The van der Waals surface area contributed by atoms with Crippen LogP contribution >= 0.6 is 0 Å². The summed E-state index contributed by atoms with van der Waals surface area (Å²) in [4.78, 5) is 13.0. The van der Waals surface area contributed by atoms with Crippen LogP contribution in [0.15, 0.2) is 23.2 Å². The third kappa shape index (κ3) is 3.93. The molecule has 1 rings (SSSR count). The summed E-state index contributed by atoms with van der Waals surface area (Å²) in [6.45, 7) is -0.161. The summed E-state index contributed by atoms with van der Waals surface area (Å²) in [5.41, 5.74) is 0. The molecule has 1 unspecified atom stereocenters. The Bertz CT molecular complexity index is 559. The van der Waals surface area contributed by atoms with E-state index >= 15 is 0 Å². The first-order valence-corrected chi connectivity index (χ1v) is 6.97. The van der Waals surface area contributed by atoms with Crippen molar-refractivity contribution < 1.29 is 23.2 Å². The van der Waals surface area contributed by atoms with E-state index in [1.165, 1.54) is 14.2 Å². The van der Waals surface area contributed by atoms with Crippen molar-refractivity contribution in [3.8, 4) is 0 Å². The molecule has 1 atom stereocenters. The summed E-state index contributed by atoms with van der Waals surface area (Å²) < 4.78 is 29.9. The molecule has 0 saturated heterocycles. The highest BCUT2D eigenvalue weighted by atomic mass is 32.2. The number of aromatic nitrogens is 1. The molecule has 112 valence electrons. The quantitative estimate of drug-likeness (QED) is 0.538. The molecule has 0 saturated carbocycles. The lowest BCUT2D eigenvalue weighted by Crippen LogP contribution is -2.36. The molecule has 0 aromatic carbocycles. The number of aliphatic hydroxyl groups excluding tert-OH is 1. The van der Waals surface area contributed by atoms with Crippen LogP contribution in [0.5, 0.6) is 0 Å². The van der Waals surface area contributed by atoms with Crippen molar-refractivity contribution in [1.29, 1.82) is 0 Å². The first-order chi connectivity index (χ1) is 9.28. The molecule has 1 heterocycles. The average Bonchev–Trinajstić information content (AvgIpc) is 2.38. The van der Waals surface area contributed by atoms with Crippen molar-refractivity contribution in [3.63, 3.8) is 0 Å². The Morgan fingerprint density at radius 3 is 2.65 bits per heavy atom. The van der Waals surface area contributed by atoms with Crippen molar-refractivity contribution in [1.82, 2.24) is 9.29 Å². The molecule has 10 heteroatoms. The van der Waals surface area contributed by atoms with Gasteiger partial charge in [0.15, 0.2) is 6.20 Å². The van der Waals surface area contributed by atoms with Gasteiger partial charge in [-0.15, -0.1) is 0 Å². The second kappa shape index (κ2) is 6.70. The number of rotatable bonds is 7. The first-order valence-electron chi connectivity index (χ1n) is 5.53. The van der Waals surface area contributed by atoms with E-state index in [-0.39, 0.29) is 18.0 Å². The van der Waals surface area contributed by atoms with E-state index in [0.717, 1.165) is 22.6 Å². The van der Waals surface area contributed by atoms with Crippen LogP contribution in [-0.2, 0) is 14.8 Å². The van der Waals surface area contributed by atoms with Crippen molar-refractivity contribution in [3.05, 3.63) is 28.4 Å². The number of hydrogen-bond donors (Lipinski definition) is 1. The maximum atomic E-state index is 12.1. The highest BCUT2D eigenvalue weighted by Gasteiger charge is 2.25. The van der Waals surface area contributed by atoms with E-state index < -0.39 is 26.9 Å². The Morgan fingerprint density at radius 1 is 1.55 bits per heavy atom. The van der Waals surface area contributed by atoms with Crippen molar-refractivity contribution in [2.75, 3.05) is 27.3 Å². The normalized spacial score (nSPS) is 13.4. The van der Waals surface area contributed by atoms with E-state index in [4.69, 9.17) is 4.74 Å². The van der Waals surface area contributed by atoms with E-state index in [0.29, 0.717) is 0 Å². The third-order valence-electron chi connectivity index (χ3n) is 2.44. The van der Waals surface area contributed by atoms with Crippen LogP contribution in [0.3, 0.4) is 0 Å². The highest BCUT2D eigenvalue weighted by Crippen LogP contribution is 2.16. The predicted octanol–water partition coefficient (Wildman–Crippen LogP) is -0.382. The molecule has 0 aliphatic heterocycles. The highest BCUT2D eigenvalue weighted by molar-refractivity contribution is 7.89. The minimum absolute atomic E-state index is 0.00162. The van der Waals surface area contributed by atoms with Crippen molar-refractivity contribution in [2.45, 2.75) is 11.0 Å². The fourth-order valence-electron chi connectivity index (χ4n) is 1.45. The van der Waals surface area contributed by atoms with Crippen LogP contribution in [0, 0.1) is 10.1 Å². The summed E-state index contributed by atoms with van der Waals surface area (Å²) in [5.74, 6) is -0.439. The number of nitro groups is 1.